The molecule has 0 aromatic heterocycles. The molecule has 66 valence electrons. The lowest BCUT2D eigenvalue weighted by Crippen LogP contribution is -2.58. The molecule has 11 heavy (non-hydrogen) atoms. The van der Waals surface area contributed by atoms with Gasteiger partial charge in [-0.3, -0.25) is 0 Å². The van der Waals surface area contributed by atoms with Gasteiger partial charge in [-0.2, -0.15) is 0 Å². The molecule has 0 saturated heterocycles. The van der Waals surface area contributed by atoms with E-state index in [0.29, 0.717) is 12.8 Å². The highest BCUT2D eigenvalue weighted by Gasteiger charge is 2.46. The molecule has 0 radical (unpaired) electrons. The number of halogens is 1. The zero-order valence-electron chi connectivity index (χ0n) is 7.23. The Morgan fingerprint density at radius 3 is 2.64 bits per heavy atom. The quantitative estimate of drug-likeness (QED) is 0.641. The van der Waals surface area contributed by atoms with Crippen LogP contribution in [-0.4, -0.2) is 24.3 Å². The first kappa shape index (κ1) is 8.94. The van der Waals surface area contributed by atoms with Crippen LogP contribution in [0.5, 0.6) is 0 Å². The van der Waals surface area contributed by atoms with Crippen LogP contribution in [0.1, 0.15) is 26.7 Å². The first-order chi connectivity index (χ1) is 5.08. The molecule has 1 atom stereocenters. The number of rotatable bonds is 3. The normalized spacial score (nSPS) is 39.8. The van der Waals surface area contributed by atoms with E-state index in [4.69, 9.17) is 5.73 Å². The van der Waals surface area contributed by atoms with Crippen molar-refractivity contribution in [1.29, 1.82) is 0 Å². The highest BCUT2D eigenvalue weighted by molar-refractivity contribution is 5.03. The fraction of sp³-hybridized carbons (Fsp3) is 1.00. The van der Waals surface area contributed by atoms with Crippen molar-refractivity contribution >= 4 is 0 Å². The molecule has 0 aromatic carbocycles. The predicted octanol–water partition coefficient (Wildman–Crippen LogP) is 0.814. The minimum Gasteiger partial charge on any atom is -0.327 e. The fourth-order valence-corrected chi connectivity index (χ4v) is 1.65. The van der Waals surface area contributed by atoms with Gasteiger partial charge in [-0.25, -0.2) is 4.39 Å². The van der Waals surface area contributed by atoms with Crippen molar-refractivity contribution in [3.05, 3.63) is 0 Å². The topological polar surface area (TPSA) is 38.0 Å². The predicted molar refractivity (Wildman–Crippen MR) is 44.2 cm³/mol. The van der Waals surface area contributed by atoms with Crippen molar-refractivity contribution in [2.45, 2.75) is 44.4 Å². The van der Waals surface area contributed by atoms with Crippen molar-refractivity contribution in [3.8, 4) is 0 Å². The van der Waals surface area contributed by atoms with E-state index >= 15 is 0 Å². The number of hydrogen-bond acceptors (Lipinski definition) is 2. The minimum atomic E-state index is -1.03. The van der Waals surface area contributed by atoms with Gasteiger partial charge >= 0.3 is 0 Å². The molecule has 1 fully saturated rings. The molecule has 0 bridgehead atoms. The number of nitrogens with two attached hydrogens (primary N) is 1. The molecular formula is C8H17FN2. The first-order valence-electron chi connectivity index (χ1n) is 4.26. The summed E-state index contributed by atoms with van der Waals surface area (Å²) in [5.41, 5.74) is 4.49. The molecular weight excluding hydrogens is 143 g/mol. The molecule has 0 aliphatic heterocycles. The highest BCUT2D eigenvalue weighted by Crippen LogP contribution is 2.37. The summed E-state index contributed by atoms with van der Waals surface area (Å²) in [5, 5.41) is 3.08. The van der Waals surface area contributed by atoms with E-state index in [2.05, 4.69) is 5.32 Å². The Labute approximate surface area is 67.3 Å². The lowest BCUT2D eigenvalue weighted by molar-refractivity contribution is 0.0110. The average Bonchev–Trinajstić information content (AvgIpc) is 1.85. The smallest absolute Gasteiger partial charge is 0.128 e. The van der Waals surface area contributed by atoms with E-state index in [0.717, 1.165) is 6.54 Å². The molecule has 1 rings (SSSR count). The van der Waals surface area contributed by atoms with Gasteiger partial charge in [0.15, 0.2) is 0 Å². The molecule has 2 nitrogen and oxygen atoms in total. The molecule has 1 unspecified atom stereocenters. The maximum absolute atomic E-state index is 13.6. The molecule has 1 aliphatic carbocycles. The Hall–Kier alpha value is -0.150. The SMILES string of the molecule is CCNC(C)C1(F)CC(N)C1. The Morgan fingerprint density at radius 2 is 2.27 bits per heavy atom. The van der Waals surface area contributed by atoms with Crippen molar-refractivity contribution in [2.75, 3.05) is 6.54 Å². The van der Waals surface area contributed by atoms with E-state index < -0.39 is 5.67 Å². The fourth-order valence-electron chi connectivity index (χ4n) is 1.65. The van der Waals surface area contributed by atoms with Crippen LogP contribution >= 0.6 is 0 Å². The highest BCUT2D eigenvalue weighted by atomic mass is 19.1. The third-order valence-corrected chi connectivity index (χ3v) is 2.49. The standard InChI is InChI=1S/C8H17FN2/c1-3-11-6(2)8(9)4-7(10)5-8/h6-7,11H,3-5,10H2,1-2H3. The van der Waals surface area contributed by atoms with Gasteiger partial charge < -0.3 is 11.1 Å². The number of alkyl halides is 1. The molecule has 0 amide bonds. The van der Waals surface area contributed by atoms with Gasteiger partial charge in [0.05, 0.1) is 0 Å². The summed E-state index contributed by atoms with van der Waals surface area (Å²) >= 11 is 0. The van der Waals surface area contributed by atoms with Crippen molar-refractivity contribution in [3.63, 3.8) is 0 Å². The Morgan fingerprint density at radius 1 is 1.73 bits per heavy atom. The second kappa shape index (κ2) is 3.07. The maximum Gasteiger partial charge on any atom is 0.128 e. The minimum absolute atomic E-state index is 0.0488. The summed E-state index contributed by atoms with van der Waals surface area (Å²) in [4.78, 5) is 0. The molecule has 1 saturated carbocycles. The molecule has 0 aromatic rings. The van der Waals surface area contributed by atoms with Gasteiger partial charge in [-0.05, 0) is 26.3 Å². The van der Waals surface area contributed by atoms with Gasteiger partial charge in [0.1, 0.15) is 5.67 Å². The number of hydrogen-bond donors (Lipinski definition) is 2. The summed E-state index contributed by atoms with van der Waals surface area (Å²) in [6, 6.07) is 0.0356. The van der Waals surface area contributed by atoms with Gasteiger partial charge in [0, 0.05) is 12.1 Å². The molecule has 3 N–H and O–H groups in total. The number of nitrogens with one attached hydrogen (secondary N) is 1. The zero-order valence-corrected chi connectivity index (χ0v) is 7.23. The van der Waals surface area contributed by atoms with E-state index in [1.165, 1.54) is 0 Å². The third-order valence-electron chi connectivity index (χ3n) is 2.49. The summed E-state index contributed by atoms with van der Waals surface area (Å²) in [6.45, 7) is 4.69. The largest absolute Gasteiger partial charge is 0.327 e. The van der Waals surface area contributed by atoms with Crippen LogP contribution in [0.4, 0.5) is 4.39 Å². The van der Waals surface area contributed by atoms with Crippen molar-refractivity contribution in [1.82, 2.24) is 5.32 Å². The lowest BCUT2D eigenvalue weighted by atomic mass is 9.73. The third kappa shape index (κ3) is 1.71. The van der Waals surface area contributed by atoms with E-state index in [1.54, 1.807) is 0 Å². The van der Waals surface area contributed by atoms with E-state index in [9.17, 15) is 4.39 Å². The van der Waals surface area contributed by atoms with Crippen LogP contribution in [-0.2, 0) is 0 Å². The van der Waals surface area contributed by atoms with Crippen LogP contribution in [0.25, 0.3) is 0 Å². The molecule has 3 heteroatoms. The monoisotopic (exact) mass is 160 g/mol. The van der Waals surface area contributed by atoms with Crippen LogP contribution in [0, 0.1) is 0 Å². The Balaban J connectivity index is 2.34. The van der Waals surface area contributed by atoms with E-state index in [-0.39, 0.29) is 12.1 Å². The zero-order chi connectivity index (χ0) is 8.48. The van der Waals surface area contributed by atoms with Gasteiger partial charge in [0.2, 0.25) is 0 Å². The Bertz CT molecular complexity index is 132. The summed E-state index contributed by atoms with van der Waals surface area (Å²) in [5.74, 6) is 0. The van der Waals surface area contributed by atoms with Gasteiger partial charge in [0.25, 0.3) is 0 Å². The van der Waals surface area contributed by atoms with Crippen LogP contribution in [0.3, 0.4) is 0 Å². The summed E-state index contributed by atoms with van der Waals surface area (Å²) in [7, 11) is 0. The van der Waals surface area contributed by atoms with Crippen LogP contribution in [0.15, 0.2) is 0 Å². The van der Waals surface area contributed by atoms with Gasteiger partial charge in [-0.15, -0.1) is 0 Å². The van der Waals surface area contributed by atoms with Crippen LogP contribution < -0.4 is 11.1 Å². The van der Waals surface area contributed by atoms with Gasteiger partial charge in [-0.1, -0.05) is 6.92 Å². The maximum atomic E-state index is 13.6. The summed E-state index contributed by atoms with van der Waals surface area (Å²) in [6.07, 6.45) is 1.03. The first-order valence-corrected chi connectivity index (χ1v) is 4.26. The molecule has 0 spiro atoms. The summed E-state index contributed by atoms with van der Waals surface area (Å²) < 4.78 is 13.6. The average molecular weight is 160 g/mol. The second-order valence-electron chi connectivity index (χ2n) is 3.48. The van der Waals surface area contributed by atoms with Crippen molar-refractivity contribution < 1.29 is 4.39 Å². The molecule has 1 aliphatic rings. The Kier molecular flexibility index (Phi) is 2.50. The molecule has 0 heterocycles. The second-order valence-corrected chi connectivity index (χ2v) is 3.48. The van der Waals surface area contributed by atoms with E-state index in [1.807, 2.05) is 13.8 Å². The van der Waals surface area contributed by atoms with Crippen molar-refractivity contribution in [2.24, 2.45) is 5.73 Å². The lowest BCUT2D eigenvalue weighted by Gasteiger charge is -2.43. The van der Waals surface area contributed by atoms with Crippen LogP contribution in [0.2, 0.25) is 0 Å².